The first-order valence-electron chi connectivity index (χ1n) is 20.1. The molecule has 6 aliphatic rings. The van der Waals surface area contributed by atoms with Gasteiger partial charge in [-0.3, -0.25) is 0 Å². The molecule has 6 fully saturated rings. The third kappa shape index (κ3) is 7.38. The van der Waals surface area contributed by atoms with E-state index in [9.17, 15) is 4.79 Å². The van der Waals surface area contributed by atoms with Crippen LogP contribution in [0.25, 0.3) is 21.8 Å². The summed E-state index contributed by atoms with van der Waals surface area (Å²) in [7, 11) is 0. The molecule has 272 valence electrons. The van der Waals surface area contributed by atoms with Gasteiger partial charge in [0.15, 0.2) is 0 Å². The number of rotatable bonds is 8. The molecular formula is C49H54N2O2. The van der Waals surface area contributed by atoms with E-state index in [1.807, 2.05) is 48.5 Å². The van der Waals surface area contributed by atoms with E-state index in [1.165, 1.54) is 81.2 Å². The third-order valence-electron chi connectivity index (χ3n) is 12.9. The molecule has 0 saturated heterocycles. The van der Waals surface area contributed by atoms with Crippen LogP contribution in [0.4, 0.5) is 10.5 Å². The van der Waals surface area contributed by atoms with Crippen LogP contribution in [0, 0.1) is 23.7 Å². The van der Waals surface area contributed by atoms with Crippen LogP contribution in [0.1, 0.15) is 88.2 Å². The van der Waals surface area contributed by atoms with Gasteiger partial charge in [0.2, 0.25) is 0 Å². The molecule has 1 heterocycles. The molecular weight excluding hydrogens is 649 g/mol. The Hall–Kier alpha value is -4.83. The first-order valence-corrected chi connectivity index (χ1v) is 20.1. The van der Waals surface area contributed by atoms with Gasteiger partial charge in [0, 0.05) is 28.2 Å². The predicted octanol–water partition coefficient (Wildman–Crippen LogP) is 13.0. The number of benzene rings is 4. The van der Waals surface area contributed by atoms with Gasteiger partial charge in [-0.05, 0) is 123 Å². The molecule has 6 atom stereocenters. The molecule has 4 bridgehead atoms. The van der Waals surface area contributed by atoms with Gasteiger partial charge in [0.25, 0.3) is 0 Å². The molecule has 5 aromatic rings. The molecule has 0 aliphatic heterocycles. The number of fused-ring (bicyclic) bond motifs is 3. The number of nitrogens with zero attached hydrogens (tertiary/aromatic N) is 2. The normalized spacial score (nSPS) is 25.0. The van der Waals surface area contributed by atoms with Gasteiger partial charge >= 0.3 is 6.09 Å². The Morgan fingerprint density at radius 1 is 0.755 bits per heavy atom. The minimum absolute atomic E-state index is 0.257. The molecule has 6 saturated carbocycles. The number of anilines is 1. The summed E-state index contributed by atoms with van der Waals surface area (Å²) in [6.07, 6.45) is 21.3. The van der Waals surface area contributed by atoms with Gasteiger partial charge in [-0.15, -0.1) is 0 Å². The quantitative estimate of drug-likeness (QED) is 0.151. The summed E-state index contributed by atoms with van der Waals surface area (Å²) in [5, 5.41) is 2.28. The molecule has 4 heteroatoms. The average Bonchev–Trinajstić information content (AvgIpc) is 3.54. The van der Waals surface area contributed by atoms with Crippen molar-refractivity contribution in [2.75, 3.05) is 4.90 Å². The Labute approximate surface area is 315 Å². The van der Waals surface area contributed by atoms with E-state index >= 15 is 0 Å². The van der Waals surface area contributed by atoms with Crippen molar-refractivity contribution in [1.29, 1.82) is 0 Å². The van der Waals surface area contributed by atoms with E-state index in [-0.39, 0.29) is 12.7 Å². The number of hydrogen-bond donors (Lipinski definition) is 0. The smallest absolute Gasteiger partial charge is 0.419 e. The van der Waals surface area contributed by atoms with Crippen LogP contribution >= 0.6 is 0 Å². The second kappa shape index (κ2) is 16.0. The number of hydrogen-bond acceptors (Lipinski definition) is 3. The van der Waals surface area contributed by atoms with Gasteiger partial charge < -0.3 is 9.64 Å². The lowest BCUT2D eigenvalue weighted by Gasteiger charge is -2.47. The second-order valence-corrected chi connectivity index (χ2v) is 15.9. The van der Waals surface area contributed by atoms with Crippen LogP contribution < -0.4 is 4.90 Å². The molecule has 11 rings (SSSR count). The van der Waals surface area contributed by atoms with Gasteiger partial charge in [0.05, 0.1) is 11.0 Å². The van der Waals surface area contributed by atoms with Crippen LogP contribution in [0.2, 0.25) is 0 Å². The van der Waals surface area contributed by atoms with Gasteiger partial charge in [-0.1, -0.05) is 123 Å². The molecule has 0 amide bonds. The summed E-state index contributed by atoms with van der Waals surface area (Å²) < 4.78 is 7.65. The molecule has 6 aliphatic carbocycles. The first kappa shape index (κ1) is 35.2. The fraction of sp³-hybridized carbons (Fsp3) is 0.367. The molecule has 4 unspecified atom stereocenters. The van der Waals surface area contributed by atoms with Crippen molar-refractivity contribution in [3.05, 3.63) is 151 Å². The van der Waals surface area contributed by atoms with E-state index in [4.69, 9.17) is 4.74 Å². The van der Waals surface area contributed by atoms with E-state index in [1.54, 1.807) is 4.57 Å². The van der Waals surface area contributed by atoms with Crippen LogP contribution in [0.15, 0.2) is 140 Å². The highest BCUT2D eigenvalue weighted by Gasteiger charge is 2.39. The van der Waals surface area contributed by atoms with E-state index in [0.29, 0.717) is 23.8 Å². The van der Waals surface area contributed by atoms with E-state index < -0.39 is 0 Å². The molecule has 4 nitrogen and oxygen atoms in total. The summed E-state index contributed by atoms with van der Waals surface area (Å²) in [6.45, 7) is 6.40. The van der Waals surface area contributed by atoms with Crippen LogP contribution in [-0.2, 0) is 11.3 Å². The Kier molecular flexibility index (Phi) is 10.7. The second-order valence-electron chi connectivity index (χ2n) is 15.9. The lowest BCUT2D eigenvalue weighted by atomic mass is 9.64. The SMILES string of the molecule is C=C/C=C\C(=C/C)N(c1ccccc1)[C@H]1CC2CCC3CCC(CCC1CC2)C[C@@H]3c1ccc2c(c1)c1ccccc1n2C(=O)OCc1ccccc1. The Bertz CT molecular complexity index is 2090. The van der Waals surface area contributed by atoms with Crippen LogP contribution in [0.5, 0.6) is 0 Å². The standard InChI is InChI=1S/C49H54N2O2/c1-3-5-16-41(4-2)50(42-17-10-7-11-18-42)48-32-36-22-26-38-25-21-35(23-27-39(48)28-24-36)31-44(38)40-29-30-47-45(33-40)43-19-12-13-20-46(43)51(47)49(52)53-34-37-14-8-6-9-15-37/h3-20,29-30,33,35-36,38-39,44,48H,1,21-28,31-32,34H2,2H3/b16-5-,41-4+/t35?,36?,38?,39?,44-,48-/m0/s1. The average molecular weight is 703 g/mol. The minimum atomic E-state index is -0.324. The van der Waals surface area contributed by atoms with Crippen LogP contribution in [-0.4, -0.2) is 16.7 Å². The van der Waals surface area contributed by atoms with E-state index in [0.717, 1.165) is 39.2 Å². The number of allylic oxidation sites excluding steroid dienone is 4. The van der Waals surface area contributed by atoms with Crippen molar-refractivity contribution in [3.8, 4) is 0 Å². The zero-order valence-electron chi connectivity index (χ0n) is 31.3. The van der Waals surface area contributed by atoms with Gasteiger partial charge in [-0.25, -0.2) is 9.36 Å². The first-order chi connectivity index (χ1) is 26.1. The molecule has 4 aromatic carbocycles. The number of carbonyl (C=O) groups is 1. The summed E-state index contributed by atoms with van der Waals surface area (Å²) in [4.78, 5) is 16.3. The van der Waals surface area contributed by atoms with Crippen LogP contribution in [0.3, 0.4) is 0 Å². The topological polar surface area (TPSA) is 34.5 Å². The van der Waals surface area contributed by atoms with Crippen molar-refractivity contribution in [2.24, 2.45) is 23.7 Å². The monoisotopic (exact) mass is 702 g/mol. The highest BCUT2D eigenvalue weighted by Crippen LogP contribution is 2.49. The Morgan fingerprint density at radius 3 is 2.11 bits per heavy atom. The largest absolute Gasteiger partial charge is 0.444 e. The number of aromatic nitrogens is 1. The maximum atomic E-state index is 13.6. The highest BCUT2D eigenvalue weighted by molar-refractivity contribution is 6.12. The van der Waals surface area contributed by atoms with Crippen molar-refractivity contribution in [2.45, 2.75) is 89.7 Å². The van der Waals surface area contributed by atoms with Gasteiger partial charge in [-0.2, -0.15) is 0 Å². The van der Waals surface area contributed by atoms with Crippen molar-refractivity contribution in [1.82, 2.24) is 4.57 Å². The fourth-order valence-corrected chi connectivity index (χ4v) is 10.2. The highest BCUT2D eigenvalue weighted by atomic mass is 16.5. The summed E-state index contributed by atoms with van der Waals surface area (Å²) in [5.74, 6) is 3.40. The lowest BCUT2D eigenvalue weighted by molar-refractivity contribution is 0.143. The maximum Gasteiger partial charge on any atom is 0.419 e. The number of para-hydroxylation sites is 2. The Balaban J connectivity index is 1.07. The zero-order valence-corrected chi connectivity index (χ0v) is 31.3. The Morgan fingerprint density at radius 2 is 1.40 bits per heavy atom. The van der Waals surface area contributed by atoms with Gasteiger partial charge in [0.1, 0.15) is 6.61 Å². The van der Waals surface area contributed by atoms with Crippen molar-refractivity contribution in [3.63, 3.8) is 0 Å². The minimum Gasteiger partial charge on any atom is -0.444 e. The summed E-state index contributed by atoms with van der Waals surface area (Å²) >= 11 is 0. The predicted molar refractivity (Wildman–Crippen MR) is 220 cm³/mol. The lowest BCUT2D eigenvalue weighted by Crippen LogP contribution is -2.44. The zero-order chi connectivity index (χ0) is 36.1. The molecule has 0 N–H and O–H groups in total. The number of carbonyl (C=O) groups excluding carboxylic acids is 1. The number of ether oxygens (including phenoxy) is 1. The third-order valence-corrected chi connectivity index (χ3v) is 12.9. The molecule has 0 spiro atoms. The van der Waals surface area contributed by atoms with Crippen molar-refractivity contribution < 1.29 is 9.53 Å². The maximum absolute atomic E-state index is 13.6. The fourth-order valence-electron chi connectivity index (χ4n) is 10.2. The molecule has 53 heavy (non-hydrogen) atoms. The van der Waals surface area contributed by atoms with E-state index in [2.05, 4.69) is 97.3 Å². The molecule has 0 radical (unpaired) electrons. The summed E-state index contributed by atoms with van der Waals surface area (Å²) in [5.41, 5.74) is 6.87. The molecule has 1 aromatic heterocycles. The van der Waals surface area contributed by atoms with Crippen molar-refractivity contribution >= 4 is 33.6 Å². The summed E-state index contributed by atoms with van der Waals surface area (Å²) in [6, 6.07) is 36.8.